The van der Waals surface area contributed by atoms with Gasteiger partial charge in [0.15, 0.2) is 5.78 Å². The molecule has 1 saturated carbocycles. The lowest BCUT2D eigenvalue weighted by atomic mass is 10.1. The average Bonchev–Trinajstić information content (AvgIpc) is 2.87. The van der Waals surface area contributed by atoms with E-state index in [1.165, 1.54) is 0 Å². The second-order valence-corrected chi connectivity index (χ2v) is 3.58. The van der Waals surface area contributed by atoms with E-state index in [0.717, 1.165) is 18.5 Å². The number of carbonyl (C=O) groups is 1. The van der Waals surface area contributed by atoms with E-state index >= 15 is 0 Å². The first kappa shape index (κ1) is 8.38. The highest BCUT2D eigenvalue weighted by molar-refractivity contribution is 5.92. The third kappa shape index (κ3) is 1.75. The van der Waals surface area contributed by atoms with E-state index < -0.39 is 5.54 Å². The lowest BCUT2D eigenvalue weighted by molar-refractivity contribution is -0.120. The van der Waals surface area contributed by atoms with Crippen molar-refractivity contribution in [3.8, 4) is 0 Å². The molecule has 1 fully saturated rings. The quantitative estimate of drug-likeness (QED) is 0.737. The highest BCUT2D eigenvalue weighted by Gasteiger charge is 2.45. The molecule has 0 unspecified atom stereocenters. The van der Waals surface area contributed by atoms with Crippen LogP contribution in [0.3, 0.4) is 0 Å². The third-order valence-electron chi connectivity index (χ3n) is 2.41. The van der Waals surface area contributed by atoms with Crippen LogP contribution < -0.4 is 5.73 Å². The first-order valence-electron chi connectivity index (χ1n) is 4.43. The minimum atomic E-state index is -0.516. The van der Waals surface area contributed by atoms with E-state index in [1.807, 2.05) is 18.2 Å². The second kappa shape index (κ2) is 2.92. The Kier molecular flexibility index (Phi) is 1.88. The van der Waals surface area contributed by atoms with E-state index in [9.17, 15) is 4.79 Å². The van der Waals surface area contributed by atoms with Crippen LogP contribution in [0.25, 0.3) is 0 Å². The molecule has 13 heavy (non-hydrogen) atoms. The van der Waals surface area contributed by atoms with Crippen molar-refractivity contribution in [3.63, 3.8) is 0 Å². The van der Waals surface area contributed by atoms with Crippen molar-refractivity contribution >= 4 is 5.78 Å². The molecule has 0 radical (unpaired) electrons. The standard InChI is InChI=1S/C10H12N2O/c11-10(4-5-10)9(13)7-8-3-1-2-6-12-8/h1-3,6H,4-5,7,11H2. The molecule has 1 aromatic heterocycles. The predicted molar refractivity (Wildman–Crippen MR) is 49.1 cm³/mol. The van der Waals surface area contributed by atoms with Gasteiger partial charge in [0.05, 0.1) is 12.0 Å². The summed E-state index contributed by atoms with van der Waals surface area (Å²) in [6.45, 7) is 0. The molecular weight excluding hydrogens is 164 g/mol. The summed E-state index contributed by atoms with van der Waals surface area (Å²) in [5.74, 6) is 0.117. The van der Waals surface area contributed by atoms with Gasteiger partial charge in [-0.3, -0.25) is 9.78 Å². The lowest BCUT2D eigenvalue weighted by Crippen LogP contribution is -2.34. The Hall–Kier alpha value is -1.22. The summed E-state index contributed by atoms with van der Waals surface area (Å²) in [5, 5.41) is 0. The van der Waals surface area contributed by atoms with Crippen molar-refractivity contribution in [2.75, 3.05) is 0 Å². The molecule has 1 heterocycles. The van der Waals surface area contributed by atoms with Gasteiger partial charge in [-0.05, 0) is 25.0 Å². The van der Waals surface area contributed by atoms with Gasteiger partial charge in [-0.15, -0.1) is 0 Å². The number of hydrogen-bond donors (Lipinski definition) is 1. The van der Waals surface area contributed by atoms with Crippen LogP contribution in [0, 0.1) is 0 Å². The molecule has 0 atom stereocenters. The maximum absolute atomic E-state index is 11.5. The van der Waals surface area contributed by atoms with E-state index in [-0.39, 0.29) is 5.78 Å². The van der Waals surface area contributed by atoms with Crippen molar-refractivity contribution in [3.05, 3.63) is 30.1 Å². The fourth-order valence-electron chi connectivity index (χ4n) is 1.26. The Balaban J connectivity index is 2.03. The molecule has 68 valence electrons. The van der Waals surface area contributed by atoms with E-state index in [4.69, 9.17) is 5.73 Å². The van der Waals surface area contributed by atoms with E-state index in [0.29, 0.717) is 6.42 Å². The Bertz CT molecular complexity index is 317. The summed E-state index contributed by atoms with van der Waals surface area (Å²) in [6, 6.07) is 5.57. The largest absolute Gasteiger partial charge is 0.319 e. The number of pyridine rings is 1. The maximum Gasteiger partial charge on any atom is 0.158 e. The Morgan fingerprint density at radius 1 is 1.54 bits per heavy atom. The van der Waals surface area contributed by atoms with Crippen LogP contribution in [0.15, 0.2) is 24.4 Å². The highest BCUT2D eigenvalue weighted by atomic mass is 16.1. The number of aromatic nitrogens is 1. The third-order valence-corrected chi connectivity index (χ3v) is 2.41. The van der Waals surface area contributed by atoms with E-state index in [1.54, 1.807) is 6.20 Å². The van der Waals surface area contributed by atoms with Crippen molar-refractivity contribution in [2.45, 2.75) is 24.8 Å². The van der Waals surface area contributed by atoms with Crippen LogP contribution in [-0.4, -0.2) is 16.3 Å². The Morgan fingerprint density at radius 3 is 2.85 bits per heavy atom. The fraction of sp³-hybridized carbons (Fsp3) is 0.400. The van der Waals surface area contributed by atoms with Gasteiger partial charge in [0.1, 0.15) is 0 Å². The zero-order valence-electron chi connectivity index (χ0n) is 7.36. The summed E-state index contributed by atoms with van der Waals surface area (Å²) < 4.78 is 0. The van der Waals surface area contributed by atoms with Gasteiger partial charge in [0.2, 0.25) is 0 Å². The molecule has 1 aliphatic carbocycles. The van der Waals surface area contributed by atoms with Crippen molar-refractivity contribution in [1.29, 1.82) is 0 Å². The molecule has 0 aromatic carbocycles. The number of nitrogens with two attached hydrogens (primary N) is 1. The highest BCUT2D eigenvalue weighted by Crippen LogP contribution is 2.33. The summed E-state index contributed by atoms with van der Waals surface area (Å²) >= 11 is 0. The smallest absolute Gasteiger partial charge is 0.158 e. The predicted octanol–water partition coefficient (Wildman–Crippen LogP) is 0.684. The lowest BCUT2D eigenvalue weighted by Gasteiger charge is -2.05. The number of Topliss-reactive ketones (excluding diaryl/α,β-unsaturated/α-hetero) is 1. The normalized spacial score (nSPS) is 18.2. The number of ketones is 1. The molecule has 1 aromatic rings. The van der Waals surface area contributed by atoms with Gasteiger partial charge < -0.3 is 5.73 Å². The number of rotatable bonds is 3. The van der Waals surface area contributed by atoms with Crippen molar-refractivity contribution < 1.29 is 4.79 Å². The molecule has 0 amide bonds. The van der Waals surface area contributed by atoms with Gasteiger partial charge in [-0.2, -0.15) is 0 Å². The molecule has 3 heteroatoms. The maximum atomic E-state index is 11.5. The second-order valence-electron chi connectivity index (χ2n) is 3.58. The number of nitrogens with zero attached hydrogens (tertiary/aromatic N) is 1. The van der Waals surface area contributed by atoms with E-state index in [2.05, 4.69) is 4.98 Å². The molecule has 0 saturated heterocycles. The van der Waals surface area contributed by atoms with Gasteiger partial charge in [0, 0.05) is 11.9 Å². The summed E-state index contributed by atoms with van der Waals surface area (Å²) in [5.41, 5.74) is 6.05. The zero-order valence-corrected chi connectivity index (χ0v) is 7.36. The van der Waals surface area contributed by atoms with Gasteiger partial charge in [0.25, 0.3) is 0 Å². The first-order chi connectivity index (χ1) is 6.21. The first-order valence-corrected chi connectivity index (χ1v) is 4.43. The molecule has 0 aliphatic heterocycles. The van der Waals surface area contributed by atoms with Crippen LogP contribution in [0.4, 0.5) is 0 Å². The molecular formula is C10H12N2O. The van der Waals surface area contributed by atoms with Gasteiger partial charge >= 0.3 is 0 Å². The fourth-order valence-corrected chi connectivity index (χ4v) is 1.26. The Morgan fingerprint density at radius 2 is 2.31 bits per heavy atom. The zero-order chi connectivity index (χ0) is 9.31. The summed E-state index contributed by atoms with van der Waals surface area (Å²) in [4.78, 5) is 15.6. The average molecular weight is 176 g/mol. The number of carbonyl (C=O) groups excluding carboxylic acids is 1. The molecule has 0 bridgehead atoms. The van der Waals surface area contributed by atoms with Gasteiger partial charge in [-0.1, -0.05) is 6.07 Å². The molecule has 2 N–H and O–H groups in total. The molecule has 0 spiro atoms. The Labute approximate surface area is 77.0 Å². The molecule has 2 rings (SSSR count). The van der Waals surface area contributed by atoms with Crippen LogP contribution in [0.5, 0.6) is 0 Å². The summed E-state index contributed by atoms with van der Waals surface area (Å²) in [6.07, 6.45) is 3.73. The van der Waals surface area contributed by atoms with Crippen LogP contribution in [0.2, 0.25) is 0 Å². The van der Waals surface area contributed by atoms with Crippen molar-refractivity contribution in [2.24, 2.45) is 5.73 Å². The topological polar surface area (TPSA) is 56.0 Å². The minimum absolute atomic E-state index is 0.117. The van der Waals surface area contributed by atoms with Crippen molar-refractivity contribution in [1.82, 2.24) is 4.98 Å². The number of hydrogen-bond acceptors (Lipinski definition) is 3. The van der Waals surface area contributed by atoms with Crippen LogP contribution >= 0.6 is 0 Å². The molecule has 1 aliphatic rings. The van der Waals surface area contributed by atoms with Gasteiger partial charge in [-0.25, -0.2) is 0 Å². The molecule has 3 nitrogen and oxygen atoms in total. The SMILES string of the molecule is NC1(C(=O)Cc2ccccn2)CC1. The summed E-state index contributed by atoms with van der Waals surface area (Å²) in [7, 11) is 0. The van der Waals surface area contributed by atoms with Crippen LogP contribution in [-0.2, 0) is 11.2 Å². The minimum Gasteiger partial charge on any atom is -0.319 e. The van der Waals surface area contributed by atoms with Crippen LogP contribution in [0.1, 0.15) is 18.5 Å². The monoisotopic (exact) mass is 176 g/mol.